The van der Waals surface area contributed by atoms with Gasteiger partial charge in [-0.3, -0.25) is 19.2 Å². The predicted octanol–water partition coefficient (Wildman–Crippen LogP) is 2.56. The number of anilines is 2. The largest absolute Gasteiger partial charge is 0.462 e. The van der Waals surface area contributed by atoms with E-state index in [9.17, 15) is 28.1 Å². The SMILES string of the molecule is CCOC(=O)c1cccc(NC(=O)[C@H](C)N(c2cccc([N+](=O)[O-])c2)S(C)(=O)=O)c1. The van der Waals surface area contributed by atoms with Gasteiger partial charge < -0.3 is 10.1 Å². The highest BCUT2D eigenvalue weighted by Gasteiger charge is 2.30. The Morgan fingerprint density at radius 2 is 1.87 bits per heavy atom. The van der Waals surface area contributed by atoms with Gasteiger partial charge >= 0.3 is 5.97 Å². The Balaban J connectivity index is 2.31. The van der Waals surface area contributed by atoms with E-state index < -0.39 is 32.9 Å². The number of hydrogen-bond acceptors (Lipinski definition) is 7. The van der Waals surface area contributed by atoms with Gasteiger partial charge in [0, 0.05) is 17.8 Å². The van der Waals surface area contributed by atoms with Crippen LogP contribution in [0.5, 0.6) is 0 Å². The number of amides is 1. The molecule has 0 spiro atoms. The van der Waals surface area contributed by atoms with Crippen LogP contribution in [0, 0.1) is 10.1 Å². The molecule has 0 bridgehead atoms. The van der Waals surface area contributed by atoms with Crippen molar-refractivity contribution >= 4 is 39.0 Å². The van der Waals surface area contributed by atoms with Crippen molar-refractivity contribution in [2.45, 2.75) is 19.9 Å². The van der Waals surface area contributed by atoms with Crippen molar-refractivity contribution in [3.63, 3.8) is 0 Å². The quantitative estimate of drug-likeness (QED) is 0.382. The molecule has 0 saturated heterocycles. The Kier molecular flexibility index (Phi) is 7.11. The third-order valence-corrected chi connectivity index (χ3v) is 5.27. The van der Waals surface area contributed by atoms with Crippen LogP contribution in [0.4, 0.5) is 17.1 Å². The van der Waals surface area contributed by atoms with Crippen molar-refractivity contribution in [2.24, 2.45) is 0 Å². The number of sulfonamides is 1. The number of nitrogens with one attached hydrogen (secondary N) is 1. The number of rotatable bonds is 8. The van der Waals surface area contributed by atoms with Crippen LogP contribution in [-0.2, 0) is 19.6 Å². The highest BCUT2D eigenvalue weighted by atomic mass is 32.2. The summed E-state index contributed by atoms with van der Waals surface area (Å²) in [5, 5.41) is 13.6. The normalized spacial score (nSPS) is 12.0. The molecular weight excluding hydrogens is 414 g/mol. The van der Waals surface area contributed by atoms with E-state index in [1.54, 1.807) is 13.0 Å². The minimum atomic E-state index is -3.95. The summed E-state index contributed by atoms with van der Waals surface area (Å²) in [4.78, 5) is 35.0. The third kappa shape index (κ3) is 5.54. The van der Waals surface area contributed by atoms with E-state index in [1.165, 1.54) is 43.3 Å². The first kappa shape index (κ1) is 22.8. The second-order valence-electron chi connectivity index (χ2n) is 6.30. The second-order valence-corrected chi connectivity index (χ2v) is 8.16. The molecule has 10 nitrogen and oxygen atoms in total. The molecule has 2 aromatic carbocycles. The van der Waals surface area contributed by atoms with Gasteiger partial charge in [0.05, 0.1) is 29.0 Å². The average molecular weight is 435 g/mol. The fraction of sp³-hybridized carbons (Fsp3) is 0.263. The molecule has 1 N–H and O–H groups in total. The summed E-state index contributed by atoms with van der Waals surface area (Å²) in [5.74, 6) is -1.25. The smallest absolute Gasteiger partial charge is 0.338 e. The Morgan fingerprint density at radius 1 is 1.20 bits per heavy atom. The predicted molar refractivity (Wildman–Crippen MR) is 111 cm³/mol. The van der Waals surface area contributed by atoms with Crippen molar-refractivity contribution in [3.8, 4) is 0 Å². The van der Waals surface area contributed by atoms with Crippen LogP contribution < -0.4 is 9.62 Å². The molecule has 0 aromatic heterocycles. The van der Waals surface area contributed by atoms with Crippen LogP contribution in [0.25, 0.3) is 0 Å². The fourth-order valence-electron chi connectivity index (χ4n) is 2.74. The molecule has 0 unspecified atom stereocenters. The lowest BCUT2D eigenvalue weighted by atomic mass is 10.2. The average Bonchev–Trinajstić information content (AvgIpc) is 2.67. The Morgan fingerprint density at radius 3 is 2.47 bits per heavy atom. The lowest BCUT2D eigenvalue weighted by Crippen LogP contribution is -2.45. The molecule has 30 heavy (non-hydrogen) atoms. The van der Waals surface area contributed by atoms with Crippen LogP contribution in [0.3, 0.4) is 0 Å². The number of nitro benzene ring substituents is 1. The summed E-state index contributed by atoms with van der Waals surface area (Å²) < 4.78 is 30.4. The Labute approximate surface area is 173 Å². The number of hydrogen-bond donors (Lipinski definition) is 1. The molecular formula is C19H21N3O7S. The van der Waals surface area contributed by atoms with Gasteiger partial charge in [-0.25, -0.2) is 13.2 Å². The lowest BCUT2D eigenvalue weighted by molar-refractivity contribution is -0.384. The molecule has 0 radical (unpaired) electrons. The van der Waals surface area contributed by atoms with Gasteiger partial charge in [-0.2, -0.15) is 0 Å². The minimum Gasteiger partial charge on any atom is -0.462 e. The monoisotopic (exact) mass is 435 g/mol. The lowest BCUT2D eigenvalue weighted by Gasteiger charge is -2.28. The molecule has 0 aliphatic rings. The molecule has 11 heteroatoms. The standard InChI is InChI=1S/C19H21N3O7S/c1-4-29-19(24)14-7-5-8-15(11-14)20-18(23)13(2)21(30(3,27)28)16-9-6-10-17(12-16)22(25)26/h5-13H,4H2,1-3H3,(H,20,23)/t13-/m0/s1. The topological polar surface area (TPSA) is 136 Å². The zero-order valence-corrected chi connectivity index (χ0v) is 17.4. The summed E-state index contributed by atoms with van der Waals surface area (Å²) >= 11 is 0. The molecule has 1 atom stereocenters. The summed E-state index contributed by atoms with van der Waals surface area (Å²) in [6.45, 7) is 3.21. The molecule has 2 rings (SSSR count). The van der Waals surface area contributed by atoms with Gasteiger partial charge in [0.1, 0.15) is 6.04 Å². The second kappa shape index (κ2) is 9.35. The van der Waals surface area contributed by atoms with E-state index in [2.05, 4.69) is 5.32 Å². The van der Waals surface area contributed by atoms with Crippen molar-refractivity contribution in [2.75, 3.05) is 22.5 Å². The number of benzene rings is 2. The van der Waals surface area contributed by atoms with Gasteiger partial charge in [-0.1, -0.05) is 12.1 Å². The van der Waals surface area contributed by atoms with Crippen LogP contribution in [-0.4, -0.2) is 44.1 Å². The molecule has 0 aliphatic carbocycles. The van der Waals surface area contributed by atoms with Crippen LogP contribution >= 0.6 is 0 Å². The first-order chi connectivity index (χ1) is 14.0. The fourth-order valence-corrected chi connectivity index (χ4v) is 3.90. The first-order valence-corrected chi connectivity index (χ1v) is 10.7. The molecule has 0 aliphatic heterocycles. The van der Waals surface area contributed by atoms with Crippen molar-refractivity contribution < 1.29 is 27.7 Å². The van der Waals surface area contributed by atoms with Crippen molar-refractivity contribution in [3.05, 3.63) is 64.2 Å². The van der Waals surface area contributed by atoms with Gasteiger partial charge in [-0.15, -0.1) is 0 Å². The summed E-state index contributed by atoms with van der Waals surface area (Å²) in [7, 11) is -3.95. The zero-order valence-electron chi connectivity index (χ0n) is 16.6. The van der Waals surface area contributed by atoms with E-state index in [1.807, 2.05) is 0 Å². The molecule has 1 amide bonds. The number of nitrogens with zero attached hydrogens (tertiary/aromatic N) is 2. The van der Waals surface area contributed by atoms with E-state index in [4.69, 9.17) is 4.74 Å². The number of non-ortho nitro benzene ring substituents is 1. The first-order valence-electron chi connectivity index (χ1n) is 8.86. The van der Waals surface area contributed by atoms with E-state index in [0.29, 0.717) is 0 Å². The van der Waals surface area contributed by atoms with Gasteiger partial charge in [-0.05, 0) is 38.1 Å². The zero-order chi connectivity index (χ0) is 22.5. The Hall–Kier alpha value is -3.47. The molecule has 160 valence electrons. The maximum atomic E-state index is 12.7. The van der Waals surface area contributed by atoms with Gasteiger partial charge in [0.15, 0.2) is 0 Å². The number of carbonyl (C=O) groups is 2. The Bertz CT molecular complexity index is 1070. The maximum Gasteiger partial charge on any atom is 0.338 e. The van der Waals surface area contributed by atoms with Crippen LogP contribution in [0.2, 0.25) is 0 Å². The summed E-state index contributed by atoms with van der Waals surface area (Å²) in [5.41, 5.74) is 0.163. The molecule has 0 saturated carbocycles. The number of nitro groups is 1. The summed E-state index contributed by atoms with van der Waals surface area (Å²) in [6, 6.07) is 9.75. The number of carbonyl (C=O) groups excluding carboxylic acids is 2. The van der Waals surface area contributed by atoms with E-state index in [0.717, 1.165) is 16.6 Å². The summed E-state index contributed by atoms with van der Waals surface area (Å²) in [6.07, 6.45) is 0.900. The molecule has 2 aromatic rings. The third-order valence-electron chi connectivity index (χ3n) is 4.02. The molecule has 0 heterocycles. The van der Waals surface area contributed by atoms with Gasteiger partial charge in [0.25, 0.3) is 5.69 Å². The van der Waals surface area contributed by atoms with Crippen LogP contribution in [0.1, 0.15) is 24.2 Å². The number of ether oxygens (including phenoxy) is 1. The van der Waals surface area contributed by atoms with Crippen molar-refractivity contribution in [1.29, 1.82) is 0 Å². The van der Waals surface area contributed by atoms with Crippen molar-refractivity contribution in [1.82, 2.24) is 0 Å². The highest BCUT2D eigenvalue weighted by Crippen LogP contribution is 2.26. The maximum absolute atomic E-state index is 12.7. The van der Waals surface area contributed by atoms with Gasteiger partial charge in [0.2, 0.25) is 15.9 Å². The highest BCUT2D eigenvalue weighted by molar-refractivity contribution is 7.92. The minimum absolute atomic E-state index is 0.0189. The van der Waals surface area contributed by atoms with E-state index in [-0.39, 0.29) is 29.2 Å². The van der Waals surface area contributed by atoms with E-state index >= 15 is 0 Å². The number of esters is 1. The molecule has 0 fully saturated rings. The van der Waals surface area contributed by atoms with Crippen LogP contribution in [0.15, 0.2) is 48.5 Å².